The summed E-state index contributed by atoms with van der Waals surface area (Å²) < 4.78 is 124. The number of benzene rings is 2. The van der Waals surface area contributed by atoms with Gasteiger partial charge in [-0.05, 0) is 0 Å². The first-order valence-corrected chi connectivity index (χ1v) is 54.1. The molecule has 30 aliphatic heterocycles. The van der Waals surface area contributed by atoms with Gasteiger partial charge in [-0.25, -0.2) is 0 Å². The number of carbonyl (C=O) groups is 6. The van der Waals surface area contributed by atoms with Gasteiger partial charge in [0.25, 0.3) is 0 Å². The van der Waals surface area contributed by atoms with Crippen LogP contribution in [0.4, 0.5) is 0 Å². The number of aliphatic hydroxyl groups excluding tert-OH is 17. The lowest BCUT2D eigenvalue weighted by Gasteiger charge is -2.51. The molecule has 2 aromatic carbocycles. The van der Waals surface area contributed by atoms with E-state index in [0.29, 0.717) is 10.6 Å². The Bertz CT molecular complexity index is 3990. The van der Waals surface area contributed by atoms with Crippen molar-refractivity contribution in [1.82, 2.24) is 0 Å². The molecule has 32 rings (SSSR count). The number of aliphatic carboxylic acids is 6. The summed E-state index contributed by atoms with van der Waals surface area (Å²) in [4.78, 5) is 71.4. The molecule has 0 aliphatic carbocycles. The van der Waals surface area contributed by atoms with E-state index in [-0.39, 0.29) is 87.0 Å². The minimum Gasteiger partial charge on any atom is -0.513 e. The third-order valence-corrected chi connectivity index (χ3v) is 33.8. The van der Waals surface area contributed by atoms with Crippen LogP contribution in [0.1, 0.15) is 44.9 Å². The summed E-state index contributed by atoms with van der Waals surface area (Å²) in [5.41, 5.74) is 0. The van der Waals surface area contributed by atoms with Crippen LogP contribution < -0.4 is 10.6 Å². The van der Waals surface area contributed by atoms with Crippen LogP contribution in [0, 0.1) is 0 Å². The maximum atomic E-state index is 15.5. The van der Waals surface area contributed by atoms with Crippen molar-refractivity contribution in [2.75, 3.05) is 93.5 Å². The van der Waals surface area contributed by atoms with Gasteiger partial charge in [0, 0.05) is 97.6 Å². The Morgan fingerprint density at radius 3 is 0.594 bits per heavy atom. The fraction of sp³-hybridized carbons (Fsp3) is 0.759. The molecular formula is C83H121O47PS7. The van der Waals surface area contributed by atoms with Crippen molar-refractivity contribution < 1.29 is 231 Å². The average molecular weight is 2130 g/mol. The van der Waals surface area contributed by atoms with Crippen LogP contribution in [0.25, 0.3) is 0 Å². The molecule has 138 heavy (non-hydrogen) atoms. The first-order valence-electron chi connectivity index (χ1n) is 44.1. The molecule has 0 spiro atoms. The zero-order valence-corrected chi connectivity index (χ0v) is 80.3. The number of aliphatic hydroxyl groups is 17. The number of thioether (sulfide) groups is 7. The molecule has 0 radical (unpaired) electrons. The average Bonchev–Trinajstić information content (AvgIpc) is 0.769. The van der Waals surface area contributed by atoms with Crippen molar-refractivity contribution in [3.05, 3.63) is 73.0 Å². The standard InChI is InChI=1S/C83H121O47PS7/c1-35(84)12-19-132-27-39-70-55(100)63(108)78(117-39)126-71-41(29-134-21-14-47(87)88)116-77(61(106)53(71)98)123-68-38(26-114-34-131(113,36-8-4-2-5-9-36)37-10-6-3-7-11-37)115-76(60(105)52(68)97)124-69-40(28-133-20-13-46(85)86)118-79(62(107)54(69)99)127-72-43(31-136-23-16-49(91)92)120-81(65(110)57(72)102)129-74-45(33-138-25-18-51(95)96)122-83(67(112)59(74)104)130-75-44(32-137-24-17-50(93)94)121-82(66(111)58(75)103)128-73-42(30-135-22-15-48(89)90)119-80(125-70)64(109)56(73)101/h2-11,38-45,52-84,97-112H,1,12-34H2,(H,85,86)(H,87,88)(H,89,90)(H,91,92)(H,93,94)(H,95,96)/t38-,39-,40-,41-,42-,43-,44-,45-,52-,53-,54-,55-,56-,57-,58-,59-,60-,61-,62-,63-,64-,65-,66-,67-,68-,69-,70-,71-,72-,73-,74-,75-,76-,77-,78-,79-,80-,81-,82-,83-/m1/s1. The van der Waals surface area contributed by atoms with Gasteiger partial charge in [0.15, 0.2) is 57.5 Å². The fourth-order valence-corrected chi connectivity index (χ4v) is 25.5. The van der Waals surface area contributed by atoms with Gasteiger partial charge < -0.3 is 203 Å². The molecule has 0 aromatic heterocycles. The molecule has 47 nitrogen and oxygen atoms in total. The van der Waals surface area contributed by atoms with Gasteiger partial charge in [-0.1, -0.05) is 67.2 Å². The monoisotopic (exact) mass is 2120 g/mol. The molecule has 40 atom stereocenters. The molecule has 55 heteroatoms. The van der Waals surface area contributed by atoms with E-state index in [1.54, 1.807) is 60.7 Å². The molecule has 30 aliphatic rings. The van der Waals surface area contributed by atoms with Crippen molar-refractivity contribution in [3.63, 3.8) is 0 Å². The summed E-state index contributed by atoms with van der Waals surface area (Å²) in [6.07, 6.45) is -86.1. The third kappa shape index (κ3) is 30.7. The predicted molar refractivity (Wildman–Crippen MR) is 486 cm³/mol. The fourth-order valence-electron chi connectivity index (χ4n) is 16.3. The van der Waals surface area contributed by atoms with E-state index in [1.807, 2.05) is 0 Å². The molecule has 30 saturated heterocycles. The highest BCUT2D eigenvalue weighted by atomic mass is 32.2. The summed E-state index contributed by atoms with van der Waals surface area (Å²) in [7, 11) is -3.85. The SMILES string of the molecule is C=C(O)CCSC[C@H]1O[C@@H]2O[C@H]3[C@H](O)[C@@H](O)[C@@H](O[C@H]4[C@H](O)[C@@H](O)[C@@H](O[C@H]5[C@H](O)[C@@H](O)[C@@H](O[C@H]6[C@H](O)[C@@H](O)[C@@H](O[C@H]7[C@H](O)[C@@H](O)[C@@H](O[C@H]8[C@H](O)[C@@H](O)[C@@H](O[C@H]9[C@H](O)[C@@H](O)[C@@H](O[C@H]1[C@H](O)[C@H]2O)O[C@@H]9CSCCC(=O)O)O[C@@H]8CSCCC(=O)O)O[C@@H]7CSCCC(=O)O)O[C@@H]6CSCCC(=O)O)O[C@@H]5CSCCC(=O)O)O[C@@H]4COCP(=O)(c1ccccc1)c1ccccc1)O[C@@H]3CSCCC(=O)O. The normalized spacial score (nSPS) is 39.4. The minimum atomic E-state index is -3.85. The first kappa shape index (κ1) is 114. The lowest BCUT2D eigenvalue weighted by molar-refractivity contribution is -0.397. The molecule has 782 valence electrons. The summed E-state index contributed by atoms with van der Waals surface area (Å²) in [5, 5.41) is 267. The van der Waals surface area contributed by atoms with Crippen molar-refractivity contribution in [1.29, 1.82) is 0 Å². The number of hydrogen-bond acceptors (Lipinski definition) is 48. The van der Waals surface area contributed by atoms with E-state index >= 15 is 4.57 Å². The van der Waals surface area contributed by atoms with Gasteiger partial charge in [0.1, 0.15) is 159 Å². The lowest BCUT2D eigenvalue weighted by atomic mass is 9.95. The van der Waals surface area contributed by atoms with Crippen LogP contribution >= 0.6 is 89.5 Å². The van der Waals surface area contributed by atoms with E-state index in [1.165, 1.54) is 0 Å². The Morgan fingerprint density at radius 2 is 0.420 bits per heavy atom. The van der Waals surface area contributed by atoms with E-state index in [9.17, 15) is 146 Å². The van der Waals surface area contributed by atoms with Gasteiger partial charge in [-0.2, -0.15) is 82.3 Å². The Labute approximate surface area is 819 Å². The van der Waals surface area contributed by atoms with Crippen molar-refractivity contribution in [2.45, 2.75) is 291 Å². The maximum Gasteiger partial charge on any atom is 0.304 e. The van der Waals surface area contributed by atoms with Gasteiger partial charge >= 0.3 is 35.8 Å². The van der Waals surface area contributed by atoms with E-state index in [2.05, 4.69) is 6.58 Å². The van der Waals surface area contributed by atoms with Crippen LogP contribution in [0.5, 0.6) is 0 Å². The highest BCUT2D eigenvalue weighted by molar-refractivity contribution is 8.00. The quantitative estimate of drug-likeness (QED) is 0.0169. The summed E-state index contributed by atoms with van der Waals surface area (Å²) in [6, 6.07) is 16.2. The van der Waals surface area contributed by atoms with Crippen LogP contribution in [-0.2, 0) is 114 Å². The third-order valence-electron chi connectivity index (χ3n) is 23.6. The second-order valence-electron chi connectivity index (χ2n) is 33.6. The highest BCUT2D eigenvalue weighted by Gasteiger charge is 2.61. The maximum absolute atomic E-state index is 15.5. The molecular weight excluding hydrogens is 2000 g/mol. The highest BCUT2D eigenvalue weighted by Crippen LogP contribution is 2.46. The Kier molecular flexibility index (Phi) is 45.4. The van der Waals surface area contributed by atoms with Crippen LogP contribution in [0.15, 0.2) is 73.0 Å². The topological polar surface area (TPSA) is 742 Å². The van der Waals surface area contributed by atoms with Gasteiger partial charge in [-0.15, -0.1) is 0 Å². The van der Waals surface area contributed by atoms with Gasteiger partial charge in [0.2, 0.25) is 0 Å². The molecule has 2 aromatic rings. The van der Waals surface area contributed by atoms with E-state index < -0.39 is 346 Å². The lowest BCUT2D eigenvalue weighted by Crippen LogP contribution is -2.69. The van der Waals surface area contributed by atoms with Crippen LogP contribution in [0.3, 0.4) is 0 Å². The number of carboxylic acids is 6. The Morgan fingerprint density at radius 1 is 0.254 bits per heavy atom. The number of allylic oxidation sites excluding steroid dienone is 1. The smallest absolute Gasteiger partial charge is 0.304 e. The summed E-state index contributed by atoms with van der Waals surface area (Å²) >= 11 is 6.39. The molecule has 0 unspecified atom stereocenters. The zero-order valence-electron chi connectivity index (χ0n) is 73.7. The molecule has 16 bridgehead atoms. The summed E-state index contributed by atoms with van der Waals surface area (Å²) in [6.45, 7) is 2.71. The molecule has 0 amide bonds. The second kappa shape index (κ2) is 54.7. The van der Waals surface area contributed by atoms with Crippen LogP contribution in [0.2, 0.25) is 0 Å². The predicted octanol–water partition coefficient (Wildman–Crippen LogP) is -4.91. The van der Waals surface area contributed by atoms with Gasteiger partial charge in [-0.3, -0.25) is 28.8 Å². The minimum absolute atomic E-state index is 0.0245. The molecule has 0 saturated carbocycles. The molecule has 23 N–H and O–H groups in total. The van der Waals surface area contributed by atoms with Crippen molar-refractivity contribution >= 4 is 136 Å². The molecule has 30 heterocycles. The van der Waals surface area contributed by atoms with Crippen LogP contribution in [-0.4, -0.2) is 492 Å². The van der Waals surface area contributed by atoms with E-state index in [0.717, 1.165) is 82.3 Å². The zero-order chi connectivity index (χ0) is 100. The number of hydrogen-bond donors (Lipinski definition) is 23. The van der Waals surface area contributed by atoms with Gasteiger partial charge in [0.05, 0.1) is 93.6 Å². The summed E-state index contributed by atoms with van der Waals surface area (Å²) in [5.74, 6) is -11.2. The largest absolute Gasteiger partial charge is 0.513 e. The first-order chi connectivity index (χ1) is 65.7. The number of rotatable bonds is 41. The van der Waals surface area contributed by atoms with Crippen molar-refractivity contribution in [3.8, 4) is 0 Å². The van der Waals surface area contributed by atoms with E-state index in [4.69, 9.17) is 80.5 Å². The number of ether oxygens (including phenoxy) is 17. The Hall–Kier alpha value is -3.84. The number of carboxylic acid groups (broad SMARTS) is 6. The Balaban J connectivity index is 0.985. The second-order valence-corrected chi connectivity index (χ2v) is 44.4. The van der Waals surface area contributed by atoms with Crippen molar-refractivity contribution in [2.24, 2.45) is 0 Å². The molecule has 30 fully saturated rings.